The Morgan fingerprint density at radius 2 is 1.85 bits per heavy atom. The van der Waals surface area contributed by atoms with E-state index < -0.39 is 0 Å². The number of aromatic nitrogens is 1. The zero-order valence-electron chi connectivity index (χ0n) is 15.5. The molecule has 0 aliphatic carbocycles. The fraction of sp³-hybridized carbons (Fsp3) is 0.350. The minimum absolute atomic E-state index is 0.182. The molecule has 0 radical (unpaired) electrons. The number of carbonyl (C=O) groups is 2. The molecule has 1 aromatic carbocycles. The summed E-state index contributed by atoms with van der Waals surface area (Å²) in [6, 6.07) is 8.71. The molecule has 7 heteroatoms. The molecule has 142 valence electrons. The molecule has 7 nitrogen and oxygen atoms in total. The lowest BCUT2D eigenvalue weighted by atomic mass is 10.1. The summed E-state index contributed by atoms with van der Waals surface area (Å²) in [4.78, 5) is 31.4. The third-order valence-corrected chi connectivity index (χ3v) is 4.62. The number of carbonyl (C=O) groups excluding carboxylic acids is 2. The molecule has 1 saturated heterocycles. The summed E-state index contributed by atoms with van der Waals surface area (Å²) in [5.74, 6) is -0.444. The monoisotopic (exact) mass is 367 g/mol. The second-order valence-electron chi connectivity index (χ2n) is 6.54. The Hall–Kier alpha value is -2.77. The van der Waals surface area contributed by atoms with Crippen LogP contribution in [-0.4, -0.2) is 61.0 Å². The molecule has 2 aromatic rings. The van der Waals surface area contributed by atoms with Gasteiger partial charge in [0.1, 0.15) is 0 Å². The molecule has 27 heavy (non-hydrogen) atoms. The number of nitrogens with one attached hydrogen (secondary N) is 3. The van der Waals surface area contributed by atoms with Crippen molar-refractivity contribution in [2.24, 2.45) is 0 Å². The Morgan fingerprint density at radius 3 is 2.59 bits per heavy atom. The standard InChI is InChI=1S/C20H25N5O2/c1-15-3-2-4-17(18(15)24-19(26)16-5-7-21-8-6-16)20(27)23-11-14-25-12-9-22-10-13-25/h2-8,22H,9-14H2,1H3,(H,23,27)(H,24,26). The molecule has 3 N–H and O–H groups in total. The molecule has 1 fully saturated rings. The molecular formula is C20H25N5O2. The highest BCUT2D eigenvalue weighted by Crippen LogP contribution is 2.21. The normalized spacial score (nSPS) is 14.6. The van der Waals surface area contributed by atoms with Gasteiger partial charge in [0.05, 0.1) is 11.3 Å². The van der Waals surface area contributed by atoms with Crippen molar-refractivity contribution < 1.29 is 9.59 Å². The predicted octanol–water partition coefficient (Wildman–Crippen LogP) is 1.28. The van der Waals surface area contributed by atoms with Gasteiger partial charge in [-0.15, -0.1) is 0 Å². The lowest BCUT2D eigenvalue weighted by Gasteiger charge is -2.27. The fourth-order valence-corrected chi connectivity index (χ4v) is 3.07. The van der Waals surface area contributed by atoms with E-state index >= 15 is 0 Å². The molecule has 1 aliphatic rings. The van der Waals surface area contributed by atoms with Crippen molar-refractivity contribution >= 4 is 17.5 Å². The van der Waals surface area contributed by atoms with Crippen molar-refractivity contribution in [3.05, 3.63) is 59.4 Å². The first-order valence-electron chi connectivity index (χ1n) is 9.17. The number of nitrogens with zero attached hydrogens (tertiary/aromatic N) is 2. The van der Waals surface area contributed by atoms with Crippen molar-refractivity contribution in [3.8, 4) is 0 Å². The van der Waals surface area contributed by atoms with Gasteiger partial charge in [0.25, 0.3) is 11.8 Å². The number of amides is 2. The van der Waals surface area contributed by atoms with Gasteiger partial charge in [-0.2, -0.15) is 0 Å². The Balaban J connectivity index is 1.65. The summed E-state index contributed by atoms with van der Waals surface area (Å²) in [6.07, 6.45) is 3.13. The molecule has 2 amide bonds. The maximum Gasteiger partial charge on any atom is 0.255 e. The molecule has 0 unspecified atom stereocenters. The van der Waals surface area contributed by atoms with Gasteiger partial charge >= 0.3 is 0 Å². The number of piperazine rings is 1. The molecule has 3 rings (SSSR count). The van der Waals surface area contributed by atoms with Crippen molar-refractivity contribution in [2.45, 2.75) is 6.92 Å². The van der Waals surface area contributed by atoms with E-state index in [0.717, 1.165) is 38.3 Å². The minimum atomic E-state index is -0.262. The Labute approximate surface area is 159 Å². The summed E-state index contributed by atoms with van der Waals surface area (Å²) in [7, 11) is 0. The SMILES string of the molecule is Cc1cccc(C(=O)NCCN2CCNCC2)c1NC(=O)c1ccncc1. The van der Waals surface area contributed by atoms with Crippen LogP contribution in [0.1, 0.15) is 26.3 Å². The number of benzene rings is 1. The number of anilines is 1. The molecule has 1 aromatic heterocycles. The van der Waals surface area contributed by atoms with E-state index in [1.54, 1.807) is 30.6 Å². The smallest absolute Gasteiger partial charge is 0.255 e. The molecule has 0 bridgehead atoms. The average Bonchev–Trinajstić information content (AvgIpc) is 2.71. The van der Waals surface area contributed by atoms with Gasteiger partial charge in [-0.3, -0.25) is 19.5 Å². The highest BCUT2D eigenvalue weighted by molar-refractivity contribution is 6.09. The second-order valence-corrected chi connectivity index (χ2v) is 6.54. The number of hydrogen-bond donors (Lipinski definition) is 3. The maximum atomic E-state index is 12.7. The summed E-state index contributed by atoms with van der Waals surface area (Å²) < 4.78 is 0. The second kappa shape index (κ2) is 9.25. The third kappa shape index (κ3) is 5.12. The Morgan fingerprint density at radius 1 is 1.11 bits per heavy atom. The highest BCUT2D eigenvalue weighted by Gasteiger charge is 2.17. The number of pyridine rings is 1. The highest BCUT2D eigenvalue weighted by atomic mass is 16.2. The van der Waals surface area contributed by atoms with E-state index in [4.69, 9.17) is 0 Å². The largest absolute Gasteiger partial charge is 0.351 e. The van der Waals surface area contributed by atoms with E-state index in [1.807, 2.05) is 19.1 Å². The third-order valence-electron chi connectivity index (χ3n) is 4.62. The van der Waals surface area contributed by atoms with Gasteiger partial charge in [-0.05, 0) is 30.7 Å². The van der Waals surface area contributed by atoms with E-state index in [0.29, 0.717) is 23.4 Å². The van der Waals surface area contributed by atoms with E-state index in [9.17, 15) is 9.59 Å². The minimum Gasteiger partial charge on any atom is -0.351 e. The molecule has 0 atom stereocenters. The maximum absolute atomic E-state index is 12.7. The van der Waals surface area contributed by atoms with Crippen LogP contribution in [0.2, 0.25) is 0 Å². The van der Waals surface area contributed by atoms with Gasteiger partial charge in [-0.1, -0.05) is 12.1 Å². The van der Waals surface area contributed by atoms with Crippen molar-refractivity contribution in [2.75, 3.05) is 44.6 Å². The van der Waals surface area contributed by atoms with Crippen molar-refractivity contribution in [1.82, 2.24) is 20.5 Å². The van der Waals surface area contributed by atoms with E-state index in [-0.39, 0.29) is 11.8 Å². The first-order chi connectivity index (χ1) is 13.1. The van der Waals surface area contributed by atoms with Crippen LogP contribution in [0.3, 0.4) is 0 Å². The van der Waals surface area contributed by atoms with E-state index in [2.05, 4.69) is 25.8 Å². The summed E-state index contributed by atoms with van der Waals surface area (Å²) in [5, 5.41) is 9.15. The molecule has 1 aliphatic heterocycles. The summed E-state index contributed by atoms with van der Waals surface area (Å²) >= 11 is 0. The van der Waals surface area contributed by atoms with Crippen LogP contribution >= 0.6 is 0 Å². The van der Waals surface area contributed by atoms with Crippen LogP contribution < -0.4 is 16.0 Å². The zero-order chi connectivity index (χ0) is 19.1. The lowest BCUT2D eigenvalue weighted by Crippen LogP contribution is -2.46. The number of aryl methyl sites for hydroxylation is 1. The topological polar surface area (TPSA) is 86.4 Å². The van der Waals surface area contributed by atoms with Crippen molar-refractivity contribution in [3.63, 3.8) is 0 Å². The number of rotatable bonds is 6. The van der Waals surface area contributed by atoms with E-state index in [1.165, 1.54) is 0 Å². The van der Waals surface area contributed by atoms with Gasteiger partial charge in [0, 0.05) is 57.2 Å². The van der Waals surface area contributed by atoms with Crippen LogP contribution in [0.4, 0.5) is 5.69 Å². The van der Waals surface area contributed by atoms with Crippen LogP contribution in [0.15, 0.2) is 42.7 Å². The first-order valence-corrected chi connectivity index (χ1v) is 9.17. The van der Waals surface area contributed by atoms with Crippen LogP contribution in [0.5, 0.6) is 0 Å². The average molecular weight is 367 g/mol. The molecular weight excluding hydrogens is 342 g/mol. The van der Waals surface area contributed by atoms with Gasteiger partial charge in [0.2, 0.25) is 0 Å². The summed E-state index contributed by atoms with van der Waals surface area (Å²) in [6.45, 7) is 7.22. The Kier molecular flexibility index (Phi) is 6.51. The zero-order valence-corrected chi connectivity index (χ0v) is 15.5. The van der Waals surface area contributed by atoms with Gasteiger partial charge in [0.15, 0.2) is 0 Å². The van der Waals surface area contributed by atoms with Gasteiger partial charge in [-0.25, -0.2) is 0 Å². The molecule has 0 spiro atoms. The predicted molar refractivity (Wildman–Crippen MR) is 105 cm³/mol. The Bertz CT molecular complexity index is 788. The molecule has 0 saturated carbocycles. The van der Waals surface area contributed by atoms with Crippen molar-refractivity contribution in [1.29, 1.82) is 0 Å². The van der Waals surface area contributed by atoms with Gasteiger partial charge < -0.3 is 16.0 Å². The fourth-order valence-electron chi connectivity index (χ4n) is 3.07. The quantitative estimate of drug-likeness (QED) is 0.716. The van der Waals surface area contributed by atoms with Crippen LogP contribution in [0, 0.1) is 6.92 Å². The summed E-state index contributed by atoms with van der Waals surface area (Å²) in [5.41, 5.74) is 2.35. The lowest BCUT2D eigenvalue weighted by molar-refractivity contribution is 0.0948. The molecule has 2 heterocycles. The van der Waals surface area contributed by atoms with Crippen LogP contribution in [0.25, 0.3) is 0 Å². The number of hydrogen-bond acceptors (Lipinski definition) is 5. The van der Waals surface area contributed by atoms with Crippen LogP contribution in [-0.2, 0) is 0 Å². The number of para-hydroxylation sites is 1. The first kappa shape index (κ1) is 19.0.